The minimum Gasteiger partial charge on any atom is -0.481 e. The van der Waals surface area contributed by atoms with Crippen LogP contribution in [0, 0.1) is 0 Å². The molecule has 0 radical (unpaired) electrons. The number of nitrogens with zero attached hydrogens (tertiary/aromatic N) is 2. The Bertz CT molecular complexity index is 526. The second-order valence-electron chi connectivity index (χ2n) is 4.03. The Morgan fingerprint density at radius 3 is 2.95 bits per heavy atom. The first-order valence-electron chi connectivity index (χ1n) is 6.27. The van der Waals surface area contributed by atoms with Crippen molar-refractivity contribution in [1.29, 1.82) is 0 Å². The van der Waals surface area contributed by atoms with Gasteiger partial charge in [0, 0.05) is 26.0 Å². The molecule has 1 aromatic rings. The predicted molar refractivity (Wildman–Crippen MR) is 70.8 cm³/mol. The Morgan fingerprint density at radius 1 is 1.55 bits per heavy atom. The lowest BCUT2D eigenvalue weighted by molar-refractivity contribution is -0.137. The summed E-state index contributed by atoms with van der Waals surface area (Å²) in [5.41, 5.74) is 0. The monoisotopic (exact) mass is 305 g/mol. The summed E-state index contributed by atoms with van der Waals surface area (Å²) in [6.45, 7) is 3.38. The number of ether oxygens (including phenoxy) is 1. The number of rotatable bonds is 10. The number of hydrogen-bond donors (Lipinski definition) is 2. The van der Waals surface area contributed by atoms with E-state index in [4.69, 9.17) is 9.84 Å². The third-order valence-corrected chi connectivity index (χ3v) is 3.85. The minimum atomic E-state index is -3.60. The van der Waals surface area contributed by atoms with E-state index in [0.29, 0.717) is 19.6 Å². The molecule has 1 heterocycles. The van der Waals surface area contributed by atoms with Crippen LogP contribution in [0.15, 0.2) is 17.3 Å². The molecule has 2 N–H and O–H groups in total. The molecule has 0 saturated carbocycles. The quantitative estimate of drug-likeness (QED) is 0.592. The van der Waals surface area contributed by atoms with E-state index < -0.39 is 16.0 Å². The van der Waals surface area contributed by atoms with Gasteiger partial charge < -0.3 is 9.84 Å². The van der Waals surface area contributed by atoms with Gasteiger partial charge in [0.05, 0.1) is 19.2 Å². The average Bonchev–Trinajstić information content (AvgIpc) is 2.85. The molecule has 0 spiro atoms. The van der Waals surface area contributed by atoms with Gasteiger partial charge >= 0.3 is 5.97 Å². The number of aromatic nitrogens is 2. The van der Waals surface area contributed by atoms with Crippen LogP contribution >= 0.6 is 0 Å². The zero-order valence-corrected chi connectivity index (χ0v) is 12.1. The van der Waals surface area contributed by atoms with E-state index in [1.165, 1.54) is 17.1 Å². The van der Waals surface area contributed by atoms with Crippen molar-refractivity contribution in [1.82, 2.24) is 14.5 Å². The Morgan fingerprint density at radius 2 is 2.30 bits per heavy atom. The Hall–Kier alpha value is -1.45. The number of nitrogens with one attached hydrogen (secondary N) is 1. The van der Waals surface area contributed by atoms with E-state index in [2.05, 4.69) is 9.82 Å². The first-order valence-corrected chi connectivity index (χ1v) is 7.75. The molecule has 0 atom stereocenters. The summed E-state index contributed by atoms with van der Waals surface area (Å²) in [6.07, 6.45) is 2.99. The van der Waals surface area contributed by atoms with Gasteiger partial charge in [0.15, 0.2) is 0 Å². The summed E-state index contributed by atoms with van der Waals surface area (Å²) < 4.78 is 32.6. The van der Waals surface area contributed by atoms with Crippen LogP contribution in [-0.2, 0) is 26.1 Å². The van der Waals surface area contributed by atoms with Gasteiger partial charge in [-0.15, -0.1) is 0 Å². The highest BCUT2D eigenvalue weighted by Crippen LogP contribution is 2.07. The number of carboxylic acids is 1. The first-order chi connectivity index (χ1) is 9.45. The molecule has 0 aliphatic heterocycles. The van der Waals surface area contributed by atoms with E-state index in [1.54, 1.807) is 0 Å². The van der Waals surface area contributed by atoms with E-state index in [9.17, 15) is 13.2 Å². The van der Waals surface area contributed by atoms with Gasteiger partial charge in [-0.05, 0) is 13.3 Å². The van der Waals surface area contributed by atoms with Crippen LogP contribution in [0.4, 0.5) is 0 Å². The van der Waals surface area contributed by atoms with Gasteiger partial charge in [-0.2, -0.15) is 5.10 Å². The molecule has 0 saturated heterocycles. The molecule has 0 aliphatic carbocycles. The maximum absolute atomic E-state index is 11.9. The van der Waals surface area contributed by atoms with E-state index in [1.807, 2.05) is 6.92 Å². The van der Waals surface area contributed by atoms with Crippen molar-refractivity contribution in [3.8, 4) is 0 Å². The summed E-state index contributed by atoms with van der Waals surface area (Å²) in [5.74, 6) is -0.959. The lowest BCUT2D eigenvalue weighted by Crippen LogP contribution is -2.25. The van der Waals surface area contributed by atoms with Crippen LogP contribution < -0.4 is 4.72 Å². The second-order valence-corrected chi connectivity index (χ2v) is 5.80. The van der Waals surface area contributed by atoms with Crippen molar-refractivity contribution < 1.29 is 23.1 Å². The predicted octanol–water partition coefficient (Wildman–Crippen LogP) is 0.0627. The fraction of sp³-hybridized carbons (Fsp3) is 0.636. The molecular weight excluding hydrogens is 286 g/mol. The highest BCUT2D eigenvalue weighted by atomic mass is 32.2. The van der Waals surface area contributed by atoms with E-state index in [0.717, 1.165) is 0 Å². The summed E-state index contributed by atoms with van der Waals surface area (Å²) in [4.78, 5) is 10.4. The largest absolute Gasteiger partial charge is 0.481 e. The second kappa shape index (κ2) is 7.98. The molecule has 0 unspecified atom stereocenters. The zero-order chi connectivity index (χ0) is 15.0. The maximum Gasteiger partial charge on any atom is 0.305 e. The zero-order valence-electron chi connectivity index (χ0n) is 11.3. The molecule has 0 aliphatic rings. The maximum atomic E-state index is 11.9. The molecule has 0 amide bonds. The molecule has 1 rings (SSSR count). The van der Waals surface area contributed by atoms with Gasteiger partial charge in [-0.3, -0.25) is 9.48 Å². The van der Waals surface area contributed by atoms with Crippen molar-refractivity contribution in [2.24, 2.45) is 0 Å². The number of carbonyl (C=O) groups is 1. The number of aliphatic carboxylic acids is 1. The number of hydrogen-bond acceptors (Lipinski definition) is 5. The van der Waals surface area contributed by atoms with Gasteiger partial charge in [-0.1, -0.05) is 0 Å². The minimum absolute atomic E-state index is 0.0271. The molecule has 8 nitrogen and oxygen atoms in total. The van der Waals surface area contributed by atoms with Crippen LogP contribution in [0.25, 0.3) is 0 Å². The Balaban J connectivity index is 2.48. The normalized spacial score (nSPS) is 11.7. The molecule has 0 bridgehead atoms. The highest BCUT2D eigenvalue weighted by molar-refractivity contribution is 7.89. The summed E-state index contributed by atoms with van der Waals surface area (Å²) in [7, 11) is -3.60. The molecule has 20 heavy (non-hydrogen) atoms. The Kier molecular flexibility index (Phi) is 6.62. The molecule has 0 aromatic carbocycles. The fourth-order valence-corrected chi connectivity index (χ4v) is 2.45. The van der Waals surface area contributed by atoms with Gasteiger partial charge in [0.25, 0.3) is 0 Å². The third kappa shape index (κ3) is 5.68. The molecule has 114 valence electrons. The Labute approximate surface area is 117 Å². The number of sulfonamides is 1. The van der Waals surface area contributed by atoms with Gasteiger partial charge in [0.1, 0.15) is 4.90 Å². The number of carboxylic acid groups (broad SMARTS) is 1. The lowest BCUT2D eigenvalue weighted by Gasteiger charge is -2.04. The smallest absolute Gasteiger partial charge is 0.305 e. The van der Waals surface area contributed by atoms with Crippen LogP contribution in [0.2, 0.25) is 0 Å². The van der Waals surface area contributed by atoms with Gasteiger partial charge in [-0.25, -0.2) is 13.1 Å². The topological polar surface area (TPSA) is 111 Å². The van der Waals surface area contributed by atoms with Crippen molar-refractivity contribution >= 4 is 16.0 Å². The van der Waals surface area contributed by atoms with Crippen molar-refractivity contribution in [2.45, 2.75) is 31.2 Å². The molecule has 9 heteroatoms. The molecule has 0 fully saturated rings. The molecule has 1 aromatic heterocycles. The lowest BCUT2D eigenvalue weighted by atomic mass is 10.4. The van der Waals surface area contributed by atoms with Crippen molar-refractivity contribution in [2.75, 3.05) is 19.8 Å². The summed E-state index contributed by atoms with van der Waals surface area (Å²) in [5, 5.41) is 12.4. The standard InChI is InChI=1S/C11H19N3O5S/c1-2-19-7-3-5-13-20(17,18)10-8-12-14(9-10)6-4-11(15)16/h8-9,13H,2-7H2,1H3,(H,15,16). The highest BCUT2D eigenvalue weighted by Gasteiger charge is 2.15. The first kappa shape index (κ1) is 16.6. The third-order valence-electron chi connectivity index (χ3n) is 2.44. The van der Waals surface area contributed by atoms with Gasteiger partial charge in [0.2, 0.25) is 10.0 Å². The van der Waals surface area contributed by atoms with Crippen LogP contribution in [0.1, 0.15) is 19.8 Å². The van der Waals surface area contributed by atoms with Crippen molar-refractivity contribution in [3.05, 3.63) is 12.4 Å². The van der Waals surface area contributed by atoms with Crippen LogP contribution in [0.5, 0.6) is 0 Å². The van der Waals surface area contributed by atoms with Crippen molar-refractivity contribution in [3.63, 3.8) is 0 Å². The summed E-state index contributed by atoms with van der Waals surface area (Å²) in [6, 6.07) is 0. The van der Waals surface area contributed by atoms with E-state index >= 15 is 0 Å². The average molecular weight is 305 g/mol. The fourth-order valence-electron chi connectivity index (χ4n) is 1.42. The van der Waals surface area contributed by atoms with E-state index in [-0.39, 0.29) is 24.4 Å². The molecular formula is C11H19N3O5S. The SMILES string of the molecule is CCOCCCNS(=O)(=O)c1cnn(CCC(=O)O)c1. The van der Waals surface area contributed by atoms with Crippen LogP contribution in [0.3, 0.4) is 0 Å². The number of aryl methyl sites for hydroxylation is 1. The van der Waals surface area contributed by atoms with Crippen LogP contribution in [-0.4, -0.2) is 49.0 Å². The summed E-state index contributed by atoms with van der Waals surface area (Å²) >= 11 is 0.